The first-order chi connectivity index (χ1) is 20.0. The van der Waals surface area contributed by atoms with Gasteiger partial charge in [0.1, 0.15) is 17.2 Å². The van der Waals surface area contributed by atoms with Crippen LogP contribution in [0.1, 0.15) is 74.6 Å². The van der Waals surface area contributed by atoms with Crippen LogP contribution in [0.3, 0.4) is 0 Å². The van der Waals surface area contributed by atoms with E-state index in [4.69, 9.17) is 23.7 Å². The molecule has 0 spiro atoms. The molecule has 0 saturated carbocycles. The van der Waals surface area contributed by atoms with Gasteiger partial charge in [-0.1, -0.05) is 57.7 Å². The van der Waals surface area contributed by atoms with Gasteiger partial charge < -0.3 is 28.8 Å². The molecule has 5 rings (SSSR count). The number of methoxy groups -OCH3 is 1. The monoisotopic (exact) mass is 560 g/mol. The van der Waals surface area contributed by atoms with E-state index >= 15 is 0 Å². The second-order valence-corrected chi connectivity index (χ2v) is 10.8. The van der Waals surface area contributed by atoms with Gasteiger partial charge in [-0.15, -0.1) is 0 Å². The van der Waals surface area contributed by atoms with Crippen LogP contribution in [0.5, 0.6) is 28.7 Å². The average Bonchev–Trinajstić information content (AvgIpc) is 3.60. The Bertz CT molecular complexity index is 1370. The highest BCUT2D eigenvalue weighted by molar-refractivity contribution is 5.80. The first-order valence-corrected chi connectivity index (χ1v) is 14.7. The van der Waals surface area contributed by atoms with E-state index in [1.807, 2.05) is 54.6 Å². The molecule has 7 nitrogen and oxygen atoms in total. The molecule has 0 radical (unpaired) electrons. The molecule has 1 aliphatic heterocycles. The quantitative estimate of drug-likeness (QED) is 0.210. The summed E-state index contributed by atoms with van der Waals surface area (Å²) < 4.78 is 29.4. The number of carboxylic acids is 1. The zero-order chi connectivity index (χ0) is 28.8. The molecule has 0 amide bonds. The Morgan fingerprint density at radius 2 is 1.63 bits per heavy atom. The number of carbonyl (C=O) groups is 1. The van der Waals surface area contributed by atoms with Gasteiger partial charge in [-0.2, -0.15) is 0 Å². The van der Waals surface area contributed by atoms with Crippen LogP contribution >= 0.6 is 0 Å². The molecule has 0 saturated heterocycles. The van der Waals surface area contributed by atoms with Crippen molar-refractivity contribution < 1.29 is 33.6 Å². The molecule has 2 unspecified atom stereocenters. The van der Waals surface area contributed by atoms with Crippen molar-refractivity contribution in [2.24, 2.45) is 5.92 Å². The molecule has 218 valence electrons. The Kier molecular flexibility index (Phi) is 8.91. The summed E-state index contributed by atoms with van der Waals surface area (Å²) >= 11 is 0. The van der Waals surface area contributed by atoms with E-state index in [-0.39, 0.29) is 6.79 Å². The van der Waals surface area contributed by atoms with Crippen LogP contribution in [0, 0.1) is 5.92 Å². The fourth-order valence-electron chi connectivity index (χ4n) is 6.22. The number of hydrogen-bond donors (Lipinski definition) is 1. The molecule has 0 aromatic heterocycles. The number of fused-ring (bicyclic) bond motifs is 2. The number of aliphatic carboxylic acids is 1. The SMILES string of the molecule is CCCCCCCOc1cc(OC)ccc1C1(c2ccc3c(c2)OCO3)c2ccc(OCCC)cc2CC1C(=O)O. The van der Waals surface area contributed by atoms with Crippen molar-refractivity contribution >= 4 is 5.97 Å². The first kappa shape index (κ1) is 28.7. The molecule has 2 atom stereocenters. The van der Waals surface area contributed by atoms with Crippen LogP contribution in [-0.4, -0.2) is 38.2 Å². The van der Waals surface area contributed by atoms with Crippen LogP contribution in [0.4, 0.5) is 0 Å². The van der Waals surface area contributed by atoms with Crippen molar-refractivity contribution in [1.82, 2.24) is 0 Å². The zero-order valence-electron chi connectivity index (χ0n) is 24.2. The summed E-state index contributed by atoms with van der Waals surface area (Å²) in [6, 6.07) is 17.4. The molecule has 0 bridgehead atoms. The van der Waals surface area contributed by atoms with Crippen LogP contribution in [-0.2, 0) is 16.6 Å². The van der Waals surface area contributed by atoms with Gasteiger partial charge in [0.05, 0.1) is 31.7 Å². The third-order valence-electron chi connectivity index (χ3n) is 8.17. The lowest BCUT2D eigenvalue weighted by atomic mass is 9.64. The summed E-state index contributed by atoms with van der Waals surface area (Å²) in [5.74, 6) is 1.61. The molecule has 1 heterocycles. The van der Waals surface area contributed by atoms with Gasteiger partial charge >= 0.3 is 5.97 Å². The summed E-state index contributed by atoms with van der Waals surface area (Å²) in [6.45, 7) is 5.54. The highest BCUT2D eigenvalue weighted by atomic mass is 16.7. The lowest BCUT2D eigenvalue weighted by Gasteiger charge is -2.37. The molecular formula is C34H40O7. The number of carboxylic acid groups (broad SMARTS) is 1. The Morgan fingerprint density at radius 3 is 2.41 bits per heavy atom. The minimum absolute atomic E-state index is 0.137. The van der Waals surface area contributed by atoms with Gasteiger partial charge in [0.25, 0.3) is 0 Å². The van der Waals surface area contributed by atoms with E-state index in [0.717, 1.165) is 47.3 Å². The number of benzene rings is 3. The van der Waals surface area contributed by atoms with Gasteiger partial charge in [0, 0.05) is 11.6 Å². The highest BCUT2D eigenvalue weighted by Gasteiger charge is 2.54. The molecule has 41 heavy (non-hydrogen) atoms. The van der Waals surface area contributed by atoms with Gasteiger partial charge in [0.2, 0.25) is 6.79 Å². The molecule has 1 aliphatic carbocycles. The number of rotatable bonds is 14. The lowest BCUT2D eigenvalue weighted by Crippen LogP contribution is -2.39. The van der Waals surface area contributed by atoms with Crippen molar-refractivity contribution in [3.63, 3.8) is 0 Å². The first-order valence-electron chi connectivity index (χ1n) is 14.7. The van der Waals surface area contributed by atoms with E-state index in [1.54, 1.807) is 7.11 Å². The van der Waals surface area contributed by atoms with Crippen LogP contribution < -0.4 is 23.7 Å². The predicted octanol–water partition coefficient (Wildman–Crippen LogP) is 7.15. The largest absolute Gasteiger partial charge is 0.497 e. The molecule has 3 aromatic rings. The number of hydrogen-bond acceptors (Lipinski definition) is 6. The Morgan fingerprint density at radius 1 is 0.854 bits per heavy atom. The van der Waals surface area contributed by atoms with Gasteiger partial charge in [-0.05, 0) is 66.3 Å². The summed E-state index contributed by atoms with van der Waals surface area (Å²) in [5, 5.41) is 10.8. The van der Waals surface area contributed by atoms with Crippen LogP contribution in [0.15, 0.2) is 54.6 Å². The van der Waals surface area contributed by atoms with Crippen molar-refractivity contribution in [1.29, 1.82) is 0 Å². The lowest BCUT2D eigenvalue weighted by molar-refractivity contribution is -0.142. The van der Waals surface area contributed by atoms with Gasteiger partial charge in [-0.25, -0.2) is 0 Å². The smallest absolute Gasteiger partial charge is 0.308 e. The number of ether oxygens (including phenoxy) is 5. The molecule has 0 fully saturated rings. The minimum atomic E-state index is -1.05. The van der Waals surface area contributed by atoms with E-state index in [1.165, 1.54) is 19.3 Å². The van der Waals surface area contributed by atoms with Crippen molar-refractivity contribution in [3.05, 3.63) is 76.9 Å². The Hall–Kier alpha value is -3.87. The van der Waals surface area contributed by atoms with E-state index < -0.39 is 17.3 Å². The fraction of sp³-hybridized carbons (Fsp3) is 0.441. The Balaban J connectivity index is 1.68. The summed E-state index contributed by atoms with van der Waals surface area (Å²) in [5.41, 5.74) is 2.43. The molecule has 2 aliphatic rings. The summed E-state index contributed by atoms with van der Waals surface area (Å²) in [4.78, 5) is 13.2. The van der Waals surface area contributed by atoms with Crippen molar-refractivity contribution in [3.8, 4) is 28.7 Å². The van der Waals surface area contributed by atoms with Gasteiger partial charge in [-0.3, -0.25) is 4.79 Å². The summed E-state index contributed by atoms with van der Waals surface area (Å²) in [6.07, 6.45) is 6.81. The van der Waals surface area contributed by atoms with Crippen LogP contribution in [0.25, 0.3) is 0 Å². The van der Waals surface area contributed by atoms with Crippen molar-refractivity contribution in [2.75, 3.05) is 27.1 Å². The van der Waals surface area contributed by atoms with Crippen LogP contribution in [0.2, 0.25) is 0 Å². The summed E-state index contributed by atoms with van der Waals surface area (Å²) in [7, 11) is 1.62. The molecular weight excluding hydrogens is 520 g/mol. The maximum absolute atomic E-state index is 13.2. The molecule has 7 heteroatoms. The van der Waals surface area contributed by atoms with Crippen molar-refractivity contribution in [2.45, 2.75) is 64.2 Å². The minimum Gasteiger partial charge on any atom is -0.497 e. The van der Waals surface area contributed by atoms with E-state index in [9.17, 15) is 9.90 Å². The maximum atomic E-state index is 13.2. The molecule has 3 aromatic carbocycles. The molecule has 1 N–H and O–H groups in total. The topological polar surface area (TPSA) is 83.5 Å². The second kappa shape index (κ2) is 12.8. The normalized spacial score (nSPS) is 18.7. The van der Waals surface area contributed by atoms with E-state index in [2.05, 4.69) is 13.8 Å². The zero-order valence-corrected chi connectivity index (χ0v) is 24.2. The third-order valence-corrected chi connectivity index (χ3v) is 8.17. The average molecular weight is 561 g/mol. The second-order valence-electron chi connectivity index (χ2n) is 10.8. The van der Waals surface area contributed by atoms with E-state index in [0.29, 0.717) is 42.6 Å². The predicted molar refractivity (Wildman–Crippen MR) is 157 cm³/mol. The maximum Gasteiger partial charge on any atom is 0.308 e. The highest BCUT2D eigenvalue weighted by Crippen LogP contribution is 2.57. The number of unbranched alkanes of at least 4 members (excludes halogenated alkanes) is 4. The third kappa shape index (κ3) is 5.54. The fourth-order valence-corrected chi connectivity index (χ4v) is 6.22. The Labute approximate surface area is 242 Å². The van der Waals surface area contributed by atoms with Gasteiger partial charge in [0.15, 0.2) is 11.5 Å². The standard InChI is InChI=1S/C34H40O7/c1-4-6-7-8-9-17-39-31-21-25(37-3)11-14-28(31)34(24-10-15-30-32(20-24)41-22-40-30)27-13-12-26(38-16-5-2)18-23(27)19-29(34)33(35)36/h10-15,18,20-21,29H,4-9,16-17,19,22H2,1-3H3,(H,35,36).